The topological polar surface area (TPSA) is 32.8 Å². The van der Waals surface area contributed by atoms with Gasteiger partial charge in [0.2, 0.25) is 0 Å². The minimum absolute atomic E-state index is 0.00343. The van der Waals surface area contributed by atoms with E-state index in [2.05, 4.69) is 0 Å². The first-order valence-electron chi connectivity index (χ1n) is 3.56. The SMILES string of the molecule is CC=CC(O)C1OC1(C)C. The van der Waals surface area contributed by atoms with Gasteiger partial charge in [-0.05, 0) is 20.8 Å². The molecule has 0 aliphatic carbocycles. The molecule has 2 heteroatoms. The zero-order valence-corrected chi connectivity index (χ0v) is 6.66. The van der Waals surface area contributed by atoms with Gasteiger partial charge in [-0.2, -0.15) is 0 Å². The van der Waals surface area contributed by atoms with Gasteiger partial charge in [-0.1, -0.05) is 12.2 Å². The van der Waals surface area contributed by atoms with E-state index in [0.717, 1.165) is 0 Å². The van der Waals surface area contributed by atoms with Gasteiger partial charge in [-0.3, -0.25) is 0 Å². The molecule has 1 aliphatic heterocycles. The summed E-state index contributed by atoms with van der Waals surface area (Å²) in [6.07, 6.45) is 3.16. The van der Waals surface area contributed by atoms with Gasteiger partial charge in [-0.25, -0.2) is 0 Å². The minimum atomic E-state index is -0.431. The lowest BCUT2D eigenvalue weighted by Gasteiger charge is -2.00. The van der Waals surface area contributed by atoms with E-state index in [1.54, 1.807) is 6.08 Å². The van der Waals surface area contributed by atoms with Crippen LogP contribution < -0.4 is 0 Å². The zero-order valence-electron chi connectivity index (χ0n) is 6.66. The Balaban J connectivity index is 2.40. The van der Waals surface area contributed by atoms with E-state index in [9.17, 15) is 5.11 Å². The zero-order chi connectivity index (χ0) is 7.78. The number of ether oxygens (including phenoxy) is 1. The molecule has 2 nitrogen and oxygen atoms in total. The first kappa shape index (κ1) is 7.76. The molecule has 10 heavy (non-hydrogen) atoms. The average molecular weight is 142 g/mol. The fraction of sp³-hybridized carbons (Fsp3) is 0.750. The first-order chi connectivity index (χ1) is 4.58. The Labute approximate surface area is 61.5 Å². The number of aliphatic hydroxyl groups is 1. The number of aliphatic hydroxyl groups excluding tert-OH is 1. The maximum absolute atomic E-state index is 9.31. The number of hydrogen-bond donors (Lipinski definition) is 1. The quantitative estimate of drug-likeness (QED) is 0.462. The molecule has 1 fully saturated rings. The highest BCUT2D eigenvalue weighted by Gasteiger charge is 2.51. The van der Waals surface area contributed by atoms with Crippen molar-refractivity contribution in [1.29, 1.82) is 0 Å². The molecule has 0 bridgehead atoms. The van der Waals surface area contributed by atoms with Gasteiger partial charge >= 0.3 is 0 Å². The smallest absolute Gasteiger partial charge is 0.116 e. The Morgan fingerprint density at radius 2 is 2.10 bits per heavy atom. The minimum Gasteiger partial charge on any atom is -0.386 e. The van der Waals surface area contributed by atoms with E-state index in [4.69, 9.17) is 4.74 Å². The van der Waals surface area contributed by atoms with Crippen LogP contribution in [0.1, 0.15) is 20.8 Å². The molecule has 1 aliphatic rings. The maximum Gasteiger partial charge on any atom is 0.116 e. The summed E-state index contributed by atoms with van der Waals surface area (Å²) in [5.74, 6) is 0. The van der Waals surface area contributed by atoms with Gasteiger partial charge in [0.1, 0.15) is 12.2 Å². The third-order valence-electron chi connectivity index (χ3n) is 1.76. The Morgan fingerprint density at radius 3 is 2.40 bits per heavy atom. The van der Waals surface area contributed by atoms with E-state index < -0.39 is 6.10 Å². The standard InChI is InChI=1S/C8H14O2/c1-4-5-6(9)7-8(2,3)10-7/h4-7,9H,1-3H3. The van der Waals surface area contributed by atoms with Crippen LogP contribution in [0.2, 0.25) is 0 Å². The summed E-state index contributed by atoms with van der Waals surface area (Å²) < 4.78 is 5.22. The van der Waals surface area contributed by atoms with Crippen LogP contribution in [0.15, 0.2) is 12.2 Å². The van der Waals surface area contributed by atoms with Crippen LogP contribution in [0.4, 0.5) is 0 Å². The molecule has 1 heterocycles. The summed E-state index contributed by atoms with van der Waals surface area (Å²) in [6, 6.07) is 0. The summed E-state index contributed by atoms with van der Waals surface area (Å²) in [5, 5.41) is 9.31. The Bertz CT molecular complexity index is 149. The van der Waals surface area contributed by atoms with Crippen LogP contribution in [-0.2, 0) is 4.74 Å². The van der Waals surface area contributed by atoms with Gasteiger partial charge < -0.3 is 9.84 Å². The summed E-state index contributed by atoms with van der Waals surface area (Å²) in [5.41, 5.74) is -0.112. The third kappa shape index (κ3) is 1.39. The van der Waals surface area contributed by atoms with Gasteiger partial charge in [0.25, 0.3) is 0 Å². The van der Waals surface area contributed by atoms with Crippen molar-refractivity contribution in [1.82, 2.24) is 0 Å². The molecule has 0 radical (unpaired) electrons. The van der Waals surface area contributed by atoms with Gasteiger partial charge in [0.05, 0.1) is 5.60 Å². The van der Waals surface area contributed by atoms with Crippen molar-refractivity contribution in [2.75, 3.05) is 0 Å². The van der Waals surface area contributed by atoms with Crippen molar-refractivity contribution >= 4 is 0 Å². The molecule has 1 rings (SSSR count). The molecule has 58 valence electrons. The summed E-state index contributed by atoms with van der Waals surface area (Å²) >= 11 is 0. The second kappa shape index (κ2) is 2.36. The van der Waals surface area contributed by atoms with Crippen LogP contribution in [0.25, 0.3) is 0 Å². The van der Waals surface area contributed by atoms with Crippen molar-refractivity contribution in [2.24, 2.45) is 0 Å². The summed E-state index contributed by atoms with van der Waals surface area (Å²) in [4.78, 5) is 0. The van der Waals surface area contributed by atoms with E-state index in [0.29, 0.717) is 0 Å². The average Bonchev–Trinajstić information content (AvgIpc) is 2.41. The predicted octanol–water partition coefficient (Wildman–Crippen LogP) is 1.10. The lowest BCUT2D eigenvalue weighted by molar-refractivity contribution is 0.176. The lowest BCUT2D eigenvalue weighted by Crippen LogP contribution is -2.17. The molecule has 0 aromatic carbocycles. The van der Waals surface area contributed by atoms with Gasteiger partial charge in [-0.15, -0.1) is 0 Å². The Kier molecular flexibility index (Phi) is 1.84. The Hall–Kier alpha value is -0.340. The van der Waals surface area contributed by atoms with E-state index in [-0.39, 0.29) is 11.7 Å². The van der Waals surface area contributed by atoms with E-state index in [1.807, 2.05) is 26.8 Å². The van der Waals surface area contributed by atoms with Crippen LogP contribution in [0, 0.1) is 0 Å². The van der Waals surface area contributed by atoms with Crippen LogP contribution in [-0.4, -0.2) is 22.9 Å². The molecule has 1 saturated heterocycles. The lowest BCUT2D eigenvalue weighted by atomic mass is 10.1. The van der Waals surface area contributed by atoms with E-state index >= 15 is 0 Å². The number of allylic oxidation sites excluding steroid dienone is 1. The first-order valence-corrected chi connectivity index (χ1v) is 3.56. The summed E-state index contributed by atoms with van der Waals surface area (Å²) in [7, 11) is 0. The molecule has 0 saturated carbocycles. The highest BCUT2D eigenvalue weighted by Crippen LogP contribution is 2.37. The monoisotopic (exact) mass is 142 g/mol. The van der Waals surface area contributed by atoms with Crippen LogP contribution in [0.3, 0.4) is 0 Å². The maximum atomic E-state index is 9.31. The molecule has 0 spiro atoms. The van der Waals surface area contributed by atoms with Crippen molar-refractivity contribution in [3.8, 4) is 0 Å². The van der Waals surface area contributed by atoms with Gasteiger partial charge in [0, 0.05) is 0 Å². The predicted molar refractivity (Wildman–Crippen MR) is 39.8 cm³/mol. The Morgan fingerprint density at radius 1 is 1.60 bits per heavy atom. The largest absolute Gasteiger partial charge is 0.386 e. The fourth-order valence-electron chi connectivity index (χ4n) is 1.07. The molecule has 2 atom stereocenters. The van der Waals surface area contributed by atoms with Gasteiger partial charge in [0.15, 0.2) is 0 Å². The second-order valence-corrected chi connectivity index (χ2v) is 3.16. The molecule has 2 unspecified atom stereocenters. The highest BCUT2D eigenvalue weighted by atomic mass is 16.6. The van der Waals surface area contributed by atoms with Crippen molar-refractivity contribution in [3.05, 3.63) is 12.2 Å². The molecule has 0 aromatic rings. The van der Waals surface area contributed by atoms with E-state index in [1.165, 1.54) is 0 Å². The highest BCUT2D eigenvalue weighted by molar-refractivity contribution is 5.06. The number of hydrogen-bond acceptors (Lipinski definition) is 2. The molecular formula is C8H14O2. The number of epoxide rings is 1. The normalized spacial score (nSPS) is 32.6. The van der Waals surface area contributed by atoms with Crippen molar-refractivity contribution in [2.45, 2.75) is 38.6 Å². The van der Waals surface area contributed by atoms with Crippen LogP contribution in [0.5, 0.6) is 0 Å². The molecule has 0 aromatic heterocycles. The molecular weight excluding hydrogens is 128 g/mol. The molecule has 0 amide bonds. The second-order valence-electron chi connectivity index (χ2n) is 3.16. The van der Waals surface area contributed by atoms with Crippen LogP contribution >= 0.6 is 0 Å². The number of rotatable bonds is 2. The molecule has 1 N–H and O–H groups in total. The van der Waals surface area contributed by atoms with Crippen molar-refractivity contribution < 1.29 is 9.84 Å². The summed E-state index contributed by atoms with van der Waals surface area (Å²) in [6.45, 7) is 5.84. The third-order valence-corrected chi connectivity index (χ3v) is 1.76. The fourth-order valence-corrected chi connectivity index (χ4v) is 1.07. The van der Waals surface area contributed by atoms with Crippen molar-refractivity contribution in [3.63, 3.8) is 0 Å².